The van der Waals surface area contributed by atoms with Crippen LogP contribution in [0.5, 0.6) is 0 Å². The van der Waals surface area contributed by atoms with Crippen LogP contribution >= 0.6 is 23.7 Å². The summed E-state index contributed by atoms with van der Waals surface area (Å²) in [5, 5.41) is 10.8. The second kappa shape index (κ2) is 10.4. The predicted octanol–water partition coefficient (Wildman–Crippen LogP) is 5.31. The molecule has 3 N–H and O–H groups in total. The molecule has 2 aromatic rings. The summed E-state index contributed by atoms with van der Waals surface area (Å²) in [6.07, 6.45) is 2.52. The Morgan fingerprint density at radius 2 is 1.92 bits per heavy atom. The van der Waals surface area contributed by atoms with Crippen LogP contribution in [-0.2, 0) is 0 Å². The Bertz CT molecular complexity index is 647. The number of anilines is 2. The summed E-state index contributed by atoms with van der Waals surface area (Å²) in [5.74, 6) is 1.86. The van der Waals surface area contributed by atoms with Gasteiger partial charge in [0.15, 0.2) is 0 Å². The molecule has 0 heterocycles. The van der Waals surface area contributed by atoms with Gasteiger partial charge in [0.05, 0.1) is 0 Å². The molecular weight excluding hydrogens is 341 g/mol. The van der Waals surface area contributed by atoms with E-state index in [1.165, 1.54) is 24.8 Å². The first-order valence-corrected chi connectivity index (χ1v) is 9.84. The number of nitrogens with one attached hydrogen (secondary N) is 3. The van der Waals surface area contributed by atoms with Crippen LogP contribution in [0.4, 0.5) is 15.8 Å². The van der Waals surface area contributed by atoms with Gasteiger partial charge in [-0.2, -0.15) is 0 Å². The molecule has 128 valence electrons. The van der Waals surface area contributed by atoms with Crippen molar-refractivity contribution in [3.05, 3.63) is 53.8 Å². The van der Waals surface area contributed by atoms with Crippen molar-refractivity contribution in [1.82, 2.24) is 4.72 Å². The minimum Gasteiger partial charge on any atom is -0.355 e. The zero-order chi connectivity index (χ0) is 17.2. The highest BCUT2D eigenvalue weighted by atomic mass is 32.2. The number of halogens is 1. The molecule has 0 unspecified atom stereocenters. The lowest BCUT2D eigenvalue weighted by Crippen LogP contribution is -2.08. The lowest BCUT2D eigenvalue weighted by atomic mass is 10.2. The Kier molecular flexibility index (Phi) is 8.15. The van der Waals surface area contributed by atoms with Crippen LogP contribution in [0.15, 0.2) is 47.4 Å². The molecule has 0 aromatic heterocycles. The maximum absolute atomic E-state index is 13.0. The molecule has 0 spiro atoms. The Hall–Kier alpha value is -1.50. The van der Waals surface area contributed by atoms with Gasteiger partial charge in [-0.25, -0.2) is 4.39 Å². The van der Waals surface area contributed by atoms with Crippen molar-refractivity contribution in [2.24, 2.45) is 0 Å². The topological polar surface area (TPSA) is 47.9 Å². The van der Waals surface area contributed by atoms with E-state index in [1.54, 1.807) is 35.8 Å². The fraction of sp³-hybridized carbons (Fsp3) is 0.278. The highest BCUT2D eigenvalue weighted by Gasteiger charge is 2.04. The first-order valence-electron chi connectivity index (χ1n) is 7.87. The molecule has 0 aliphatic rings. The lowest BCUT2D eigenvalue weighted by Gasteiger charge is -2.11. The van der Waals surface area contributed by atoms with Gasteiger partial charge in [0, 0.05) is 46.1 Å². The first-order chi connectivity index (χ1) is 11.7. The van der Waals surface area contributed by atoms with Crippen molar-refractivity contribution in [3.63, 3.8) is 0 Å². The van der Waals surface area contributed by atoms with Gasteiger partial charge < -0.3 is 10.7 Å². The van der Waals surface area contributed by atoms with Crippen LogP contribution in [0.2, 0.25) is 0 Å². The molecule has 0 fully saturated rings. The van der Waals surface area contributed by atoms with Gasteiger partial charge in [-0.15, -0.1) is 11.8 Å². The molecule has 0 amide bonds. The highest BCUT2D eigenvalue weighted by molar-refractivity contribution is 7.99. The van der Waals surface area contributed by atoms with Crippen molar-refractivity contribution in [1.29, 1.82) is 5.41 Å². The molecule has 0 radical (unpaired) electrons. The highest BCUT2D eigenvalue weighted by Crippen LogP contribution is 2.26. The van der Waals surface area contributed by atoms with E-state index in [-0.39, 0.29) is 5.82 Å². The SMILES string of the molecule is CCCSNCCSc1ccc(Nc2ccc(F)cc2)c(C=N)c1. The van der Waals surface area contributed by atoms with Gasteiger partial charge in [-0.1, -0.05) is 18.9 Å². The fourth-order valence-electron chi connectivity index (χ4n) is 2.01. The van der Waals surface area contributed by atoms with Gasteiger partial charge in [0.25, 0.3) is 0 Å². The molecule has 6 heteroatoms. The van der Waals surface area contributed by atoms with Crippen molar-refractivity contribution >= 4 is 41.3 Å². The standard InChI is InChI=1S/C18H22FN3S2/c1-2-10-24-21-9-11-23-17-7-8-18(14(12-17)13-20)22-16-5-3-15(19)4-6-16/h3-8,12-13,20-22H,2,9-11H2,1H3. The van der Waals surface area contributed by atoms with Crippen molar-refractivity contribution < 1.29 is 4.39 Å². The molecule has 24 heavy (non-hydrogen) atoms. The average Bonchev–Trinajstić information content (AvgIpc) is 2.61. The number of hydrogen-bond acceptors (Lipinski definition) is 5. The molecule has 0 atom stereocenters. The summed E-state index contributed by atoms with van der Waals surface area (Å²) >= 11 is 3.53. The summed E-state index contributed by atoms with van der Waals surface area (Å²) in [4.78, 5) is 1.14. The molecule has 2 rings (SSSR count). The molecule has 0 bridgehead atoms. The number of rotatable bonds is 10. The second-order valence-electron chi connectivity index (χ2n) is 5.12. The molecule has 0 saturated heterocycles. The summed E-state index contributed by atoms with van der Waals surface area (Å²) in [7, 11) is 0. The van der Waals surface area contributed by atoms with Gasteiger partial charge in [0.1, 0.15) is 5.82 Å². The quantitative estimate of drug-likeness (QED) is 0.232. The zero-order valence-corrected chi connectivity index (χ0v) is 15.3. The summed E-state index contributed by atoms with van der Waals surface area (Å²) in [5.41, 5.74) is 2.47. The predicted molar refractivity (Wildman–Crippen MR) is 105 cm³/mol. The first kappa shape index (κ1) is 18.8. The Morgan fingerprint density at radius 1 is 1.12 bits per heavy atom. The minimum absolute atomic E-state index is 0.259. The second-order valence-corrected chi connectivity index (χ2v) is 7.27. The van der Waals surface area contributed by atoms with E-state index in [0.717, 1.165) is 39.9 Å². The fourth-order valence-corrected chi connectivity index (χ4v) is 3.55. The number of thioether (sulfide) groups is 1. The zero-order valence-electron chi connectivity index (χ0n) is 13.6. The van der Waals surface area contributed by atoms with Crippen LogP contribution in [0.25, 0.3) is 0 Å². The Labute approximate surface area is 151 Å². The molecule has 0 aliphatic carbocycles. The summed E-state index contributed by atoms with van der Waals surface area (Å²) in [6.45, 7) is 3.12. The van der Waals surface area contributed by atoms with Crippen molar-refractivity contribution in [2.45, 2.75) is 18.2 Å². The smallest absolute Gasteiger partial charge is 0.123 e. The van der Waals surface area contributed by atoms with Crippen molar-refractivity contribution in [2.75, 3.05) is 23.4 Å². The normalized spacial score (nSPS) is 10.6. The van der Waals surface area contributed by atoms with E-state index in [2.05, 4.69) is 17.0 Å². The molecule has 0 saturated carbocycles. The average molecular weight is 364 g/mol. The van der Waals surface area contributed by atoms with E-state index in [4.69, 9.17) is 5.41 Å². The van der Waals surface area contributed by atoms with Crippen LogP contribution in [0, 0.1) is 11.2 Å². The van der Waals surface area contributed by atoms with Crippen LogP contribution in [0.3, 0.4) is 0 Å². The molecule has 0 aliphatic heterocycles. The van der Waals surface area contributed by atoms with Crippen molar-refractivity contribution in [3.8, 4) is 0 Å². The van der Waals surface area contributed by atoms with Gasteiger partial charge >= 0.3 is 0 Å². The third-order valence-electron chi connectivity index (χ3n) is 3.18. The van der Waals surface area contributed by atoms with E-state index in [1.807, 2.05) is 18.2 Å². The number of benzene rings is 2. The lowest BCUT2D eigenvalue weighted by molar-refractivity contribution is 0.628. The summed E-state index contributed by atoms with van der Waals surface area (Å²) < 4.78 is 16.3. The van der Waals surface area contributed by atoms with E-state index in [0.29, 0.717) is 0 Å². The van der Waals surface area contributed by atoms with Gasteiger partial charge in [-0.3, -0.25) is 4.72 Å². The van der Waals surface area contributed by atoms with Gasteiger partial charge in [-0.05, 0) is 48.9 Å². The molecule has 3 nitrogen and oxygen atoms in total. The maximum atomic E-state index is 13.0. The largest absolute Gasteiger partial charge is 0.355 e. The molecule has 2 aromatic carbocycles. The third kappa shape index (κ3) is 6.19. The maximum Gasteiger partial charge on any atom is 0.123 e. The Morgan fingerprint density at radius 3 is 2.62 bits per heavy atom. The van der Waals surface area contributed by atoms with E-state index >= 15 is 0 Å². The van der Waals surface area contributed by atoms with Crippen LogP contribution in [-0.4, -0.2) is 24.3 Å². The van der Waals surface area contributed by atoms with Crippen LogP contribution < -0.4 is 10.0 Å². The Balaban J connectivity index is 1.92. The molecular formula is C18H22FN3S2. The van der Waals surface area contributed by atoms with E-state index < -0.39 is 0 Å². The third-order valence-corrected chi connectivity index (χ3v) is 5.20. The van der Waals surface area contributed by atoms with Gasteiger partial charge in [0.2, 0.25) is 0 Å². The monoisotopic (exact) mass is 363 g/mol. The number of hydrogen-bond donors (Lipinski definition) is 3. The summed E-state index contributed by atoms with van der Waals surface area (Å²) in [6, 6.07) is 12.2. The van der Waals surface area contributed by atoms with Crippen LogP contribution in [0.1, 0.15) is 18.9 Å². The van der Waals surface area contributed by atoms with E-state index in [9.17, 15) is 4.39 Å². The minimum atomic E-state index is -0.259.